The van der Waals surface area contributed by atoms with Crippen molar-refractivity contribution in [3.63, 3.8) is 0 Å². The van der Waals surface area contributed by atoms with Gasteiger partial charge in [0, 0.05) is 17.7 Å². The van der Waals surface area contributed by atoms with Crippen molar-refractivity contribution in [2.45, 2.75) is 13.0 Å². The average molecular weight is 317 g/mol. The van der Waals surface area contributed by atoms with Crippen LogP contribution in [-0.4, -0.2) is 0 Å². The first kappa shape index (κ1) is 14.5. The monoisotopic (exact) mass is 315 g/mol. The van der Waals surface area contributed by atoms with E-state index in [1.807, 2.05) is 31.2 Å². The molecular weight excluding hydrogens is 305 g/mol. The zero-order chi connectivity index (χ0) is 14.0. The first-order valence-electron chi connectivity index (χ1n) is 5.66. The summed E-state index contributed by atoms with van der Waals surface area (Å²) >= 11 is 17.9. The van der Waals surface area contributed by atoms with E-state index >= 15 is 0 Å². The van der Waals surface area contributed by atoms with Crippen LogP contribution in [0.25, 0.3) is 0 Å². The van der Waals surface area contributed by atoms with Gasteiger partial charge in [-0.15, -0.1) is 0 Å². The Bertz CT molecular complexity index is 599. The average Bonchev–Trinajstić information content (AvgIpc) is 2.36. The molecule has 1 atom stereocenters. The summed E-state index contributed by atoms with van der Waals surface area (Å²) in [6, 6.07) is 10.5. The molecule has 0 aliphatic rings. The van der Waals surface area contributed by atoms with E-state index in [2.05, 4.69) is 0 Å². The molecule has 100 valence electrons. The summed E-state index contributed by atoms with van der Waals surface area (Å²) in [5.41, 5.74) is 6.79. The number of nitrogens with two attached hydrogens (primary N) is 1. The van der Waals surface area contributed by atoms with Gasteiger partial charge in [0.1, 0.15) is 11.5 Å². The molecule has 5 heteroatoms. The second-order valence-electron chi connectivity index (χ2n) is 4.13. The summed E-state index contributed by atoms with van der Waals surface area (Å²) in [5.74, 6) is 1.10. The van der Waals surface area contributed by atoms with Crippen molar-refractivity contribution in [1.29, 1.82) is 0 Å². The van der Waals surface area contributed by atoms with Gasteiger partial charge >= 0.3 is 0 Å². The number of benzene rings is 2. The van der Waals surface area contributed by atoms with E-state index in [1.54, 1.807) is 12.1 Å². The maximum atomic E-state index is 6.08. The number of para-hydroxylation sites is 1. The SMILES string of the molecule is CC(N)c1ccccc1Oc1cc(Cl)c(Cl)cc1Cl. The van der Waals surface area contributed by atoms with Gasteiger partial charge < -0.3 is 10.5 Å². The predicted molar refractivity (Wildman–Crippen MR) is 80.6 cm³/mol. The Hall–Kier alpha value is -0.930. The zero-order valence-corrected chi connectivity index (χ0v) is 12.4. The molecule has 0 aromatic heterocycles. The Morgan fingerprint density at radius 2 is 1.58 bits per heavy atom. The Morgan fingerprint density at radius 3 is 2.26 bits per heavy atom. The molecule has 0 saturated heterocycles. The van der Waals surface area contributed by atoms with Crippen LogP contribution in [0.15, 0.2) is 36.4 Å². The molecule has 2 N–H and O–H groups in total. The molecule has 0 heterocycles. The van der Waals surface area contributed by atoms with Gasteiger partial charge in [-0.25, -0.2) is 0 Å². The minimum atomic E-state index is -0.141. The zero-order valence-electron chi connectivity index (χ0n) is 10.2. The predicted octanol–water partition coefficient (Wildman–Crippen LogP) is 5.46. The fourth-order valence-corrected chi connectivity index (χ4v) is 2.23. The minimum absolute atomic E-state index is 0.141. The van der Waals surface area contributed by atoms with E-state index in [0.717, 1.165) is 5.56 Å². The van der Waals surface area contributed by atoms with Crippen LogP contribution in [0.5, 0.6) is 11.5 Å². The van der Waals surface area contributed by atoms with Gasteiger partial charge in [0.25, 0.3) is 0 Å². The molecule has 2 nitrogen and oxygen atoms in total. The van der Waals surface area contributed by atoms with Crippen molar-refractivity contribution < 1.29 is 4.74 Å². The van der Waals surface area contributed by atoms with E-state index in [-0.39, 0.29) is 6.04 Å². The number of hydrogen-bond acceptors (Lipinski definition) is 2. The van der Waals surface area contributed by atoms with Crippen molar-refractivity contribution in [2.24, 2.45) is 5.73 Å². The fourth-order valence-electron chi connectivity index (χ4n) is 1.65. The summed E-state index contributed by atoms with van der Waals surface area (Å²) in [6.07, 6.45) is 0. The lowest BCUT2D eigenvalue weighted by atomic mass is 10.1. The first-order chi connectivity index (χ1) is 8.99. The van der Waals surface area contributed by atoms with Gasteiger partial charge in [0.2, 0.25) is 0 Å². The molecular formula is C14H12Cl3NO. The maximum Gasteiger partial charge on any atom is 0.147 e. The van der Waals surface area contributed by atoms with Gasteiger partial charge in [-0.1, -0.05) is 53.0 Å². The van der Waals surface area contributed by atoms with Gasteiger partial charge in [-0.3, -0.25) is 0 Å². The van der Waals surface area contributed by atoms with E-state index in [9.17, 15) is 0 Å². The standard InChI is InChI=1S/C14H12Cl3NO/c1-8(18)9-4-2-3-5-13(9)19-14-7-11(16)10(15)6-12(14)17/h2-8H,18H2,1H3. The van der Waals surface area contributed by atoms with Crippen LogP contribution in [0.3, 0.4) is 0 Å². The minimum Gasteiger partial charge on any atom is -0.455 e. The van der Waals surface area contributed by atoms with E-state index in [0.29, 0.717) is 26.6 Å². The number of halogens is 3. The molecule has 1 unspecified atom stereocenters. The van der Waals surface area contributed by atoms with Crippen LogP contribution in [-0.2, 0) is 0 Å². The molecule has 2 aromatic rings. The molecule has 0 fully saturated rings. The summed E-state index contributed by atoms with van der Waals surface area (Å²) in [5, 5.41) is 1.17. The molecule has 0 spiro atoms. The van der Waals surface area contributed by atoms with E-state index in [1.165, 1.54) is 0 Å². The van der Waals surface area contributed by atoms with Crippen LogP contribution < -0.4 is 10.5 Å². The van der Waals surface area contributed by atoms with Gasteiger partial charge in [0.05, 0.1) is 15.1 Å². The Kier molecular flexibility index (Phi) is 4.58. The summed E-state index contributed by atoms with van der Waals surface area (Å²) in [7, 11) is 0. The normalized spacial score (nSPS) is 12.3. The van der Waals surface area contributed by atoms with Gasteiger partial charge in [0.15, 0.2) is 0 Å². The third-order valence-electron chi connectivity index (χ3n) is 2.60. The van der Waals surface area contributed by atoms with Crippen molar-refractivity contribution in [3.8, 4) is 11.5 Å². The summed E-state index contributed by atoms with van der Waals surface area (Å²) in [4.78, 5) is 0. The number of rotatable bonds is 3. The molecule has 2 rings (SSSR count). The van der Waals surface area contributed by atoms with Crippen molar-refractivity contribution in [3.05, 3.63) is 57.0 Å². The fraction of sp³-hybridized carbons (Fsp3) is 0.143. The van der Waals surface area contributed by atoms with Crippen LogP contribution in [0.4, 0.5) is 0 Å². The molecule has 0 bridgehead atoms. The maximum absolute atomic E-state index is 6.08. The lowest BCUT2D eigenvalue weighted by Gasteiger charge is -2.14. The lowest BCUT2D eigenvalue weighted by Crippen LogP contribution is -2.06. The van der Waals surface area contributed by atoms with Crippen LogP contribution in [0.2, 0.25) is 15.1 Å². The molecule has 0 aliphatic heterocycles. The van der Waals surface area contributed by atoms with Crippen LogP contribution in [0, 0.1) is 0 Å². The second kappa shape index (κ2) is 6.02. The molecule has 2 aromatic carbocycles. The Balaban J connectivity index is 2.39. The first-order valence-corrected chi connectivity index (χ1v) is 6.79. The highest BCUT2D eigenvalue weighted by molar-refractivity contribution is 6.43. The van der Waals surface area contributed by atoms with Crippen molar-refractivity contribution in [1.82, 2.24) is 0 Å². The number of hydrogen-bond donors (Lipinski definition) is 1. The van der Waals surface area contributed by atoms with Crippen LogP contribution >= 0.6 is 34.8 Å². The Labute approximate surface area is 127 Å². The van der Waals surface area contributed by atoms with Gasteiger partial charge in [-0.2, -0.15) is 0 Å². The topological polar surface area (TPSA) is 35.2 Å². The summed E-state index contributed by atoms with van der Waals surface area (Å²) < 4.78 is 5.78. The third kappa shape index (κ3) is 3.34. The van der Waals surface area contributed by atoms with E-state index in [4.69, 9.17) is 45.3 Å². The summed E-state index contributed by atoms with van der Waals surface area (Å²) in [6.45, 7) is 1.89. The molecule has 19 heavy (non-hydrogen) atoms. The quantitative estimate of drug-likeness (QED) is 0.763. The highest BCUT2D eigenvalue weighted by Crippen LogP contribution is 2.37. The largest absolute Gasteiger partial charge is 0.455 e. The van der Waals surface area contributed by atoms with Crippen molar-refractivity contribution >= 4 is 34.8 Å². The molecule has 0 saturated carbocycles. The smallest absolute Gasteiger partial charge is 0.147 e. The third-order valence-corrected chi connectivity index (χ3v) is 3.62. The molecule has 0 amide bonds. The molecule has 0 radical (unpaired) electrons. The highest BCUT2D eigenvalue weighted by atomic mass is 35.5. The van der Waals surface area contributed by atoms with Crippen molar-refractivity contribution in [2.75, 3.05) is 0 Å². The Morgan fingerprint density at radius 1 is 0.947 bits per heavy atom. The molecule has 0 aliphatic carbocycles. The van der Waals surface area contributed by atoms with Gasteiger partial charge in [-0.05, 0) is 19.1 Å². The lowest BCUT2D eigenvalue weighted by molar-refractivity contribution is 0.472. The highest BCUT2D eigenvalue weighted by Gasteiger charge is 2.12. The van der Waals surface area contributed by atoms with E-state index < -0.39 is 0 Å². The second-order valence-corrected chi connectivity index (χ2v) is 5.35. The van der Waals surface area contributed by atoms with Crippen LogP contribution in [0.1, 0.15) is 18.5 Å². The number of ether oxygens (including phenoxy) is 1.